The second-order valence-electron chi connectivity index (χ2n) is 5.83. The van der Waals surface area contributed by atoms with Crippen LogP contribution in [-0.2, 0) is 13.2 Å². The third-order valence-electron chi connectivity index (χ3n) is 4.06. The minimum atomic E-state index is 0.357. The molecule has 0 amide bonds. The van der Waals surface area contributed by atoms with E-state index in [1.54, 1.807) is 6.20 Å². The van der Waals surface area contributed by atoms with Crippen LogP contribution in [0.25, 0.3) is 0 Å². The van der Waals surface area contributed by atoms with Gasteiger partial charge in [0.15, 0.2) is 5.84 Å². The molecule has 0 saturated carbocycles. The van der Waals surface area contributed by atoms with Gasteiger partial charge in [0.05, 0.1) is 11.6 Å². The summed E-state index contributed by atoms with van der Waals surface area (Å²) in [6.07, 6.45) is 1.76. The van der Waals surface area contributed by atoms with Gasteiger partial charge in [-0.05, 0) is 30.3 Å². The van der Waals surface area contributed by atoms with Gasteiger partial charge in [0.1, 0.15) is 18.1 Å². The number of halogens is 2. The maximum atomic E-state index is 6.37. The predicted octanol–water partition coefficient (Wildman–Crippen LogP) is 5.34. The Hall–Kier alpha value is -2.56. The van der Waals surface area contributed by atoms with E-state index >= 15 is 0 Å². The number of hydrogen-bond donors (Lipinski definition) is 1. The van der Waals surface area contributed by atoms with E-state index < -0.39 is 0 Å². The minimum absolute atomic E-state index is 0.357. The number of aliphatic imine (C=N–C) groups is 1. The molecule has 0 bridgehead atoms. The normalized spacial score (nSPS) is 12.5. The molecule has 1 N–H and O–H groups in total. The van der Waals surface area contributed by atoms with E-state index in [0.29, 0.717) is 28.9 Å². The lowest BCUT2D eigenvalue weighted by atomic mass is 10.2. The first-order valence-corrected chi connectivity index (χ1v) is 8.88. The number of amidine groups is 1. The molecule has 0 saturated heterocycles. The third kappa shape index (κ3) is 3.52. The smallest absolute Gasteiger partial charge is 0.152 e. The van der Waals surface area contributed by atoms with Gasteiger partial charge in [-0.1, -0.05) is 47.5 Å². The zero-order valence-electron chi connectivity index (χ0n) is 13.7. The second kappa shape index (κ2) is 7.36. The van der Waals surface area contributed by atoms with Crippen molar-refractivity contribution < 1.29 is 4.74 Å². The molecule has 2 aromatic carbocycles. The van der Waals surface area contributed by atoms with Crippen LogP contribution in [0.3, 0.4) is 0 Å². The Morgan fingerprint density at radius 1 is 1.00 bits per heavy atom. The van der Waals surface area contributed by atoms with Crippen LogP contribution in [0.2, 0.25) is 10.0 Å². The maximum Gasteiger partial charge on any atom is 0.152 e. The average molecular weight is 384 g/mol. The fourth-order valence-corrected chi connectivity index (χ4v) is 3.15. The van der Waals surface area contributed by atoms with E-state index in [9.17, 15) is 0 Å². The van der Waals surface area contributed by atoms with Crippen LogP contribution in [0, 0.1) is 0 Å². The molecular formula is C20H15Cl2N3O. The maximum absolute atomic E-state index is 6.37. The molecule has 1 aliphatic rings. The SMILES string of the molecule is Clc1ccccc1COc1ccc(NC2=NCc3cccnc32)cc1Cl. The molecule has 0 atom stereocenters. The van der Waals surface area contributed by atoms with Gasteiger partial charge in [-0.25, -0.2) is 0 Å². The van der Waals surface area contributed by atoms with Crippen molar-refractivity contribution >= 4 is 34.7 Å². The van der Waals surface area contributed by atoms with Crippen molar-refractivity contribution in [1.29, 1.82) is 0 Å². The summed E-state index contributed by atoms with van der Waals surface area (Å²) in [5, 5.41) is 4.46. The van der Waals surface area contributed by atoms with Gasteiger partial charge in [-0.2, -0.15) is 0 Å². The molecule has 4 nitrogen and oxygen atoms in total. The largest absolute Gasteiger partial charge is 0.487 e. The van der Waals surface area contributed by atoms with Gasteiger partial charge in [-0.15, -0.1) is 0 Å². The summed E-state index contributed by atoms with van der Waals surface area (Å²) in [4.78, 5) is 8.88. The number of ether oxygens (including phenoxy) is 1. The Balaban J connectivity index is 1.46. The molecule has 0 unspecified atom stereocenters. The van der Waals surface area contributed by atoms with E-state index in [1.807, 2.05) is 54.6 Å². The van der Waals surface area contributed by atoms with E-state index in [2.05, 4.69) is 15.3 Å². The number of benzene rings is 2. The van der Waals surface area contributed by atoms with Crippen molar-refractivity contribution in [3.05, 3.63) is 87.7 Å². The molecule has 1 aliphatic heterocycles. The first-order chi connectivity index (χ1) is 12.7. The fourth-order valence-electron chi connectivity index (χ4n) is 2.72. The first-order valence-electron chi connectivity index (χ1n) is 8.12. The van der Waals surface area contributed by atoms with Crippen LogP contribution in [-0.4, -0.2) is 10.8 Å². The summed E-state index contributed by atoms with van der Waals surface area (Å²) < 4.78 is 5.80. The highest BCUT2D eigenvalue weighted by Gasteiger charge is 2.17. The molecule has 1 aromatic heterocycles. The van der Waals surface area contributed by atoms with Crippen molar-refractivity contribution in [3.63, 3.8) is 0 Å². The highest BCUT2D eigenvalue weighted by Crippen LogP contribution is 2.30. The summed E-state index contributed by atoms with van der Waals surface area (Å²) in [7, 11) is 0. The molecule has 6 heteroatoms. The van der Waals surface area contributed by atoms with Crippen LogP contribution in [0.1, 0.15) is 16.8 Å². The quantitative estimate of drug-likeness (QED) is 0.661. The number of aromatic nitrogens is 1. The molecule has 4 rings (SSSR count). The fraction of sp³-hybridized carbons (Fsp3) is 0.100. The highest BCUT2D eigenvalue weighted by molar-refractivity contribution is 6.32. The van der Waals surface area contributed by atoms with Gasteiger partial charge in [0, 0.05) is 28.0 Å². The first kappa shape index (κ1) is 16.9. The van der Waals surface area contributed by atoms with Crippen molar-refractivity contribution in [2.24, 2.45) is 4.99 Å². The van der Waals surface area contributed by atoms with Crippen LogP contribution in [0.4, 0.5) is 5.69 Å². The monoisotopic (exact) mass is 383 g/mol. The van der Waals surface area contributed by atoms with E-state index in [4.69, 9.17) is 27.9 Å². The number of anilines is 1. The molecule has 0 spiro atoms. The van der Waals surface area contributed by atoms with E-state index in [1.165, 1.54) is 0 Å². The average Bonchev–Trinajstić information content (AvgIpc) is 3.05. The summed E-state index contributed by atoms with van der Waals surface area (Å²) in [6.45, 7) is 0.994. The topological polar surface area (TPSA) is 46.5 Å². The molecule has 0 fully saturated rings. The molecule has 0 aliphatic carbocycles. The zero-order valence-corrected chi connectivity index (χ0v) is 15.3. The molecule has 3 aromatic rings. The van der Waals surface area contributed by atoms with Gasteiger partial charge in [0.25, 0.3) is 0 Å². The van der Waals surface area contributed by atoms with Crippen molar-refractivity contribution in [2.45, 2.75) is 13.2 Å². The lowest BCUT2D eigenvalue weighted by Gasteiger charge is -2.12. The summed E-state index contributed by atoms with van der Waals surface area (Å²) in [5.74, 6) is 1.35. The number of nitrogens with one attached hydrogen (secondary N) is 1. The Labute approximate surface area is 161 Å². The predicted molar refractivity (Wildman–Crippen MR) is 105 cm³/mol. The van der Waals surface area contributed by atoms with Crippen LogP contribution in [0.5, 0.6) is 5.75 Å². The standard InChI is InChI=1S/C20H15Cl2N3O/c21-16-6-2-1-4-14(16)12-26-18-8-7-15(10-17(18)22)25-20-19-13(11-24-20)5-3-9-23-19/h1-10H,11-12H2,(H,24,25). The van der Waals surface area contributed by atoms with Crippen molar-refractivity contribution in [1.82, 2.24) is 4.98 Å². The van der Waals surface area contributed by atoms with Gasteiger partial charge < -0.3 is 10.1 Å². The Bertz CT molecular complexity index is 988. The summed E-state index contributed by atoms with van der Waals surface area (Å²) in [5.41, 5.74) is 3.73. The number of pyridine rings is 1. The number of nitrogens with zero attached hydrogens (tertiary/aromatic N) is 2. The number of hydrogen-bond acceptors (Lipinski definition) is 4. The van der Waals surface area contributed by atoms with Crippen LogP contribution in [0.15, 0.2) is 65.8 Å². The number of rotatable bonds is 4. The Morgan fingerprint density at radius 3 is 2.73 bits per heavy atom. The molecule has 0 radical (unpaired) electrons. The zero-order chi connectivity index (χ0) is 17.9. The highest BCUT2D eigenvalue weighted by atomic mass is 35.5. The van der Waals surface area contributed by atoms with E-state index in [0.717, 1.165) is 28.3 Å². The van der Waals surface area contributed by atoms with Gasteiger partial charge in [-0.3, -0.25) is 9.98 Å². The molecule has 26 heavy (non-hydrogen) atoms. The lowest BCUT2D eigenvalue weighted by molar-refractivity contribution is 0.306. The van der Waals surface area contributed by atoms with Crippen LogP contribution >= 0.6 is 23.2 Å². The molecule has 130 valence electrons. The molecular weight excluding hydrogens is 369 g/mol. The van der Waals surface area contributed by atoms with Crippen molar-refractivity contribution in [2.75, 3.05) is 5.32 Å². The third-order valence-corrected chi connectivity index (χ3v) is 4.72. The van der Waals surface area contributed by atoms with E-state index in [-0.39, 0.29) is 0 Å². The Morgan fingerprint density at radius 2 is 1.88 bits per heavy atom. The minimum Gasteiger partial charge on any atom is -0.487 e. The Kier molecular flexibility index (Phi) is 4.78. The van der Waals surface area contributed by atoms with Gasteiger partial charge >= 0.3 is 0 Å². The summed E-state index contributed by atoms with van der Waals surface area (Å²) >= 11 is 12.5. The summed E-state index contributed by atoms with van der Waals surface area (Å²) in [6, 6.07) is 17.1. The number of fused-ring (bicyclic) bond motifs is 1. The molecule has 2 heterocycles. The van der Waals surface area contributed by atoms with Crippen molar-refractivity contribution in [3.8, 4) is 5.75 Å². The second-order valence-corrected chi connectivity index (χ2v) is 6.64. The van der Waals surface area contributed by atoms with Gasteiger partial charge in [0.2, 0.25) is 0 Å². The van der Waals surface area contributed by atoms with Crippen LogP contribution < -0.4 is 10.1 Å². The lowest BCUT2D eigenvalue weighted by Crippen LogP contribution is -2.13.